The van der Waals surface area contributed by atoms with Crippen LogP contribution in [0.3, 0.4) is 0 Å². The Hall–Kier alpha value is -1.69. The number of ether oxygens (including phenoxy) is 1. The lowest BCUT2D eigenvalue weighted by atomic mass is 9.80. The fourth-order valence-corrected chi connectivity index (χ4v) is 2.30. The Morgan fingerprint density at radius 3 is 2.68 bits per heavy atom. The fourth-order valence-electron chi connectivity index (χ4n) is 2.30. The van der Waals surface area contributed by atoms with Gasteiger partial charge in [-0.15, -0.1) is 0 Å². The summed E-state index contributed by atoms with van der Waals surface area (Å²) in [4.78, 5) is 20.0. The van der Waals surface area contributed by atoms with Gasteiger partial charge in [0.15, 0.2) is 0 Å². The molecule has 1 saturated heterocycles. The summed E-state index contributed by atoms with van der Waals surface area (Å²) in [5.41, 5.74) is 0.108. The van der Waals surface area contributed by atoms with E-state index in [1.54, 1.807) is 0 Å². The van der Waals surface area contributed by atoms with Crippen molar-refractivity contribution in [1.82, 2.24) is 9.97 Å². The predicted octanol–water partition coefficient (Wildman–Crippen LogP) is 1.39. The summed E-state index contributed by atoms with van der Waals surface area (Å²) < 4.78 is 5.25. The number of aryl methyl sites for hydroxylation is 2. The third-order valence-electron chi connectivity index (χ3n) is 3.48. The summed E-state index contributed by atoms with van der Waals surface area (Å²) in [5.74, 6) is 0.585. The van der Waals surface area contributed by atoms with E-state index in [-0.39, 0.29) is 0 Å². The van der Waals surface area contributed by atoms with E-state index in [0.717, 1.165) is 5.69 Å². The second-order valence-electron chi connectivity index (χ2n) is 4.99. The van der Waals surface area contributed by atoms with Crippen LogP contribution in [0, 0.1) is 19.3 Å². The van der Waals surface area contributed by atoms with Gasteiger partial charge in [0.25, 0.3) is 0 Å². The Bertz CT molecular complexity index is 450. The number of carbonyl (C=O) groups is 1. The highest BCUT2D eigenvalue weighted by atomic mass is 16.5. The molecule has 2 rings (SSSR count). The van der Waals surface area contributed by atoms with E-state index in [1.807, 2.05) is 19.9 Å². The minimum Gasteiger partial charge on any atom is -0.481 e. The van der Waals surface area contributed by atoms with Gasteiger partial charge in [-0.1, -0.05) is 0 Å². The third kappa shape index (κ3) is 3.20. The molecule has 6 nitrogen and oxygen atoms in total. The molecule has 6 heteroatoms. The monoisotopic (exact) mass is 265 g/mol. The lowest BCUT2D eigenvalue weighted by Crippen LogP contribution is -2.42. The Balaban J connectivity index is 2.08. The molecule has 1 fully saturated rings. The molecule has 0 saturated carbocycles. The highest BCUT2D eigenvalue weighted by Crippen LogP contribution is 2.31. The average Bonchev–Trinajstić information content (AvgIpc) is 2.36. The molecule has 0 radical (unpaired) electrons. The van der Waals surface area contributed by atoms with Crippen molar-refractivity contribution in [2.24, 2.45) is 5.41 Å². The number of aromatic nitrogens is 2. The molecular formula is C13H19N3O3. The number of carboxylic acids is 1. The molecule has 0 spiro atoms. The maximum absolute atomic E-state index is 11.5. The van der Waals surface area contributed by atoms with Crippen LogP contribution in [-0.4, -0.2) is 40.8 Å². The summed E-state index contributed by atoms with van der Waals surface area (Å²) in [6.45, 7) is 5.06. The number of anilines is 1. The van der Waals surface area contributed by atoms with Crippen LogP contribution in [0.1, 0.15) is 24.4 Å². The van der Waals surface area contributed by atoms with Gasteiger partial charge in [0, 0.05) is 31.5 Å². The highest BCUT2D eigenvalue weighted by Gasteiger charge is 2.40. The Kier molecular flexibility index (Phi) is 3.99. The number of nitrogens with zero attached hydrogens (tertiary/aromatic N) is 2. The van der Waals surface area contributed by atoms with Gasteiger partial charge in [-0.05, 0) is 26.7 Å². The summed E-state index contributed by atoms with van der Waals surface area (Å²) >= 11 is 0. The maximum atomic E-state index is 11.5. The fraction of sp³-hybridized carbons (Fsp3) is 0.615. The molecule has 1 aromatic rings. The van der Waals surface area contributed by atoms with Gasteiger partial charge in [0.2, 0.25) is 0 Å². The van der Waals surface area contributed by atoms with Crippen molar-refractivity contribution < 1.29 is 14.6 Å². The van der Waals surface area contributed by atoms with Crippen LogP contribution in [0.15, 0.2) is 6.07 Å². The lowest BCUT2D eigenvalue weighted by molar-refractivity contribution is -0.153. The first-order valence-electron chi connectivity index (χ1n) is 6.39. The Labute approximate surface area is 112 Å². The molecule has 2 heterocycles. The summed E-state index contributed by atoms with van der Waals surface area (Å²) in [6, 6.07) is 1.82. The molecule has 1 aromatic heterocycles. The van der Waals surface area contributed by atoms with Crippen LogP contribution < -0.4 is 5.32 Å². The molecule has 0 bridgehead atoms. The van der Waals surface area contributed by atoms with E-state index in [4.69, 9.17) is 4.74 Å². The van der Waals surface area contributed by atoms with Crippen molar-refractivity contribution in [3.8, 4) is 0 Å². The first-order chi connectivity index (χ1) is 9.02. The van der Waals surface area contributed by atoms with Crippen LogP contribution in [0.2, 0.25) is 0 Å². The van der Waals surface area contributed by atoms with Gasteiger partial charge in [0.1, 0.15) is 11.6 Å². The predicted molar refractivity (Wildman–Crippen MR) is 70.1 cm³/mol. The topological polar surface area (TPSA) is 84.3 Å². The SMILES string of the molecule is Cc1cc(NCC2(C(=O)O)CCOCC2)nc(C)n1. The molecular weight excluding hydrogens is 246 g/mol. The molecule has 1 aliphatic rings. The van der Waals surface area contributed by atoms with Crippen molar-refractivity contribution in [3.05, 3.63) is 17.6 Å². The summed E-state index contributed by atoms with van der Waals surface area (Å²) in [7, 11) is 0. The molecule has 19 heavy (non-hydrogen) atoms. The van der Waals surface area contributed by atoms with E-state index < -0.39 is 11.4 Å². The Morgan fingerprint density at radius 2 is 2.11 bits per heavy atom. The largest absolute Gasteiger partial charge is 0.481 e. The van der Waals surface area contributed by atoms with E-state index in [0.29, 0.717) is 44.2 Å². The van der Waals surface area contributed by atoms with E-state index in [9.17, 15) is 9.90 Å². The van der Waals surface area contributed by atoms with E-state index in [1.165, 1.54) is 0 Å². The van der Waals surface area contributed by atoms with Crippen LogP contribution in [0.4, 0.5) is 5.82 Å². The molecule has 0 aromatic carbocycles. The van der Waals surface area contributed by atoms with Crippen LogP contribution in [0.5, 0.6) is 0 Å². The number of hydrogen-bond acceptors (Lipinski definition) is 5. The van der Waals surface area contributed by atoms with Crippen molar-refractivity contribution in [3.63, 3.8) is 0 Å². The number of rotatable bonds is 4. The molecule has 104 valence electrons. The number of nitrogens with one attached hydrogen (secondary N) is 1. The number of carboxylic acid groups (broad SMARTS) is 1. The quantitative estimate of drug-likeness (QED) is 0.855. The second kappa shape index (κ2) is 5.52. The molecule has 1 aliphatic heterocycles. The van der Waals surface area contributed by atoms with Gasteiger partial charge < -0.3 is 15.2 Å². The van der Waals surface area contributed by atoms with Crippen LogP contribution in [0.25, 0.3) is 0 Å². The van der Waals surface area contributed by atoms with Gasteiger partial charge in [0.05, 0.1) is 5.41 Å². The summed E-state index contributed by atoms with van der Waals surface area (Å²) in [6.07, 6.45) is 1.05. The minimum absolute atomic E-state index is 0.363. The minimum atomic E-state index is -0.772. The lowest BCUT2D eigenvalue weighted by Gasteiger charge is -2.33. The molecule has 0 aliphatic carbocycles. The zero-order valence-corrected chi connectivity index (χ0v) is 11.3. The van der Waals surface area contributed by atoms with E-state index in [2.05, 4.69) is 15.3 Å². The third-order valence-corrected chi connectivity index (χ3v) is 3.48. The average molecular weight is 265 g/mol. The second-order valence-corrected chi connectivity index (χ2v) is 4.99. The van der Waals surface area contributed by atoms with Gasteiger partial charge >= 0.3 is 5.97 Å². The van der Waals surface area contributed by atoms with Gasteiger partial charge in [-0.25, -0.2) is 9.97 Å². The van der Waals surface area contributed by atoms with Crippen molar-refractivity contribution in [2.45, 2.75) is 26.7 Å². The molecule has 0 amide bonds. The molecule has 2 N–H and O–H groups in total. The number of hydrogen-bond donors (Lipinski definition) is 2. The molecule has 0 unspecified atom stereocenters. The van der Waals surface area contributed by atoms with Gasteiger partial charge in [-0.2, -0.15) is 0 Å². The van der Waals surface area contributed by atoms with Crippen molar-refractivity contribution in [1.29, 1.82) is 0 Å². The highest BCUT2D eigenvalue weighted by molar-refractivity contribution is 5.75. The van der Waals surface area contributed by atoms with Crippen LogP contribution in [-0.2, 0) is 9.53 Å². The zero-order chi connectivity index (χ0) is 13.9. The standard InChI is InChI=1S/C13H19N3O3/c1-9-7-11(16-10(2)15-9)14-8-13(12(17)18)3-5-19-6-4-13/h7H,3-6,8H2,1-2H3,(H,17,18)(H,14,15,16). The Morgan fingerprint density at radius 1 is 1.42 bits per heavy atom. The zero-order valence-electron chi connectivity index (χ0n) is 11.3. The molecule has 0 atom stereocenters. The summed E-state index contributed by atoms with van der Waals surface area (Å²) in [5, 5.41) is 12.6. The normalized spacial score (nSPS) is 18.0. The smallest absolute Gasteiger partial charge is 0.311 e. The number of aliphatic carboxylic acids is 1. The maximum Gasteiger partial charge on any atom is 0.311 e. The first kappa shape index (κ1) is 13.7. The van der Waals surface area contributed by atoms with Crippen molar-refractivity contribution in [2.75, 3.05) is 25.1 Å². The van der Waals surface area contributed by atoms with Crippen LogP contribution >= 0.6 is 0 Å². The first-order valence-corrected chi connectivity index (χ1v) is 6.39. The van der Waals surface area contributed by atoms with Gasteiger partial charge in [-0.3, -0.25) is 4.79 Å². The van der Waals surface area contributed by atoms with Crippen molar-refractivity contribution >= 4 is 11.8 Å². The van der Waals surface area contributed by atoms with E-state index >= 15 is 0 Å².